The Labute approximate surface area is 167 Å². The zero-order valence-corrected chi connectivity index (χ0v) is 16.5. The molecule has 5 nitrogen and oxygen atoms in total. The van der Waals surface area contributed by atoms with Crippen LogP contribution in [0.4, 0.5) is 0 Å². The van der Waals surface area contributed by atoms with E-state index in [2.05, 4.69) is 24.3 Å². The van der Waals surface area contributed by atoms with Gasteiger partial charge in [0, 0.05) is 13.0 Å². The highest BCUT2D eigenvalue weighted by molar-refractivity contribution is 5.71. The van der Waals surface area contributed by atoms with Crippen LogP contribution in [0.3, 0.4) is 0 Å². The molecule has 1 aromatic carbocycles. The zero-order valence-electron chi connectivity index (χ0n) is 16.5. The van der Waals surface area contributed by atoms with Gasteiger partial charge in [0.05, 0.1) is 24.9 Å². The van der Waals surface area contributed by atoms with Crippen LogP contribution in [0.25, 0.3) is 0 Å². The summed E-state index contributed by atoms with van der Waals surface area (Å²) in [5, 5.41) is 10.4. The topological polar surface area (TPSA) is 65.0 Å². The second-order valence-electron chi connectivity index (χ2n) is 7.65. The standard InChI is InChI=1S/C23H32O5/c24-19(20-12-13-21(27-20)22-14-15-23(25)28-22)11-7-2-1-3-8-16-26-17-18-9-5-4-6-10-18/h1-2,4-6,9-10,19-22,24H,3,7-8,11-17H2/b2-1+/t19-,20+,21-,22+/m1/s1. The van der Waals surface area contributed by atoms with Crippen LogP contribution in [0.2, 0.25) is 0 Å². The Morgan fingerprint density at radius 3 is 2.71 bits per heavy atom. The second-order valence-corrected chi connectivity index (χ2v) is 7.65. The minimum absolute atomic E-state index is 0.0440. The summed E-state index contributed by atoms with van der Waals surface area (Å²) in [6.07, 6.45) is 9.99. The lowest BCUT2D eigenvalue weighted by Crippen LogP contribution is -2.30. The first-order valence-corrected chi connectivity index (χ1v) is 10.5. The molecule has 0 bridgehead atoms. The van der Waals surface area contributed by atoms with Crippen LogP contribution in [0.15, 0.2) is 42.5 Å². The van der Waals surface area contributed by atoms with E-state index in [0.29, 0.717) is 19.4 Å². The molecule has 3 rings (SSSR count). The molecule has 0 spiro atoms. The monoisotopic (exact) mass is 388 g/mol. The smallest absolute Gasteiger partial charge is 0.306 e. The highest BCUT2D eigenvalue weighted by Gasteiger charge is 2.39. The highest BCUT2D eigenvalue weighted by atomic mass is 16.6. The Hall–Kier alpha value is -1.69. The van der Waals surface area contributed by atoms with E-state index in [1.54, 1.807) is 0 Å². The average molecular weight is 389 g/mol. The van der Waals surface area contributed by atoms with Crippen molar-refractivity contribution in [3.05, 3.63) is 48.0 Å². The summed E-state index contributed by atoms with van der Waals surface area (Å²) in [6, 6.07) is 10.2. The van der Waals surface area contributed by atoms with Crippen molar-refractivity contribution in [1.82, 2.24) is 0 Å². The van der Waals surface area contributed by atoms with Gasteiger partial charge in [-0.2, -0.15) is 0 Å². The van der Waals surface area contributed by atoms with Crippen LogP contribution >= 0.6 is 0 Å². The number of hydrogen-bond acceptors (Lipinski definition) is 5. The van der Waals surface area contributed by atoms with Gasteiger partial charge in [0.1, 0.15) is 6.10 Å². The third kappa shape index (κ3) is 6.73. The molecular formula is C23H32O5. The first-order chi connectivity index (χ1) is 13.7. The second kappa shape index (κ2) is 11.3. The molecule has 28 heavy (non-hydrogen) atoms. The summed E-state index contributed by atoms with van der Waals surface area (Å²) in [7, 11) is 0. The molecule has 0 radical (unpaired) electrons. The van der Waals surface area contributed by atoms with E-state index >= 15 is 0 Å². The van der Waals surface area contributed by atoms with Crippen LogP contribution in [0.1, 0.15) is 56.9 Å². The van der Waals surface area contributed by atoms with Gasteiger partial charge in [-0.15, -0.1) is 0 Å². The van der Waals surface area contributed by atoms with Crippen LogP contribution < -0.4 is 0 Å². The summed E-state index contributed by atoms with van der Waals surface area (Å²) in [4.78, 5) is 11.2. The summed E-state index contributed by atoms with van der Waals surface area (Å²) in [5.41, 5.74) is 1.20. The summed E-state index contributed by atoms with van der Waals surface area (Å²) in [5.74, 6) is -0.131. The lowest BCUT2D eigenvalue weighted by atomic mass is 10.0. The molecule has 2 saturated heterocycles. The van der Waals surface area contributed by atoms with Crippen molar-refractivity contribution in [2.45, 2.75) is 82.4 Å². The Balaban J connectivity index is 1.20. The van der Waals surface area contributed by atoms with Crippen LogP contribution in [-0.4, -0.2) is 42.1 Å². The normalized spacial score (nSPS) is 26.0. The van der Waals surface area contributed by atoms with Crippen LogP contribution in [-0.2, 0) is 25.6 Å². The molecule has 2 aliphatic heterocycles. The predicted octanol–water partition coefficient (Wildman–Crippen LogP) is 3.93. The fourth-order valence-corrected chi connectivity index (χ4v) is 3.81. The van der Waals surface area contributed by atoms with Gasteiger partial charge >= 0.3 is 5.97 Å². The van der Waals surface area contributed by atoms with Crippen molar-refractivity contribution in [2.24, 2.45) is 0 Å². The number of cyclic esters (lactones) is 1. The van der Waals surface area contributed by atoms with Gasteiger partial charge in [-0.1, -0.05) is 42.5 Å². The van der Waals surface area contributed by atoms with Gasteiger partial charge in [0.2, 0.25) is 0 Å². The number of unbranched alkanes of at least 4 members (excludes halogenated alkanes) is 1. The lowest BCUT2D eigenvalue weighted by molar-refractivity contribution is -0.148. The molecule has 1 N–H and O–H groups in total. The molecule has 154 valence electrons. The van der Waals surface area contributed by atoms with E-state index in [1.165, 1.54) is 5.56 Å². The SMILES string of the molecule is O=C1CC[C@@H]([C@H]2CC[C@@H]([C@H](O)CC/C=C/CCCOCc3ccccc3)O2)O1. The number of carbonyl (C=O) groups excluding carboxylic acids is 1. The van der Waals surface area contributed by atoms with Crippen molar-refractivity contribution in [3.63, 3.8) is 0 Å². The van der Waals surface area contributed by atoms with Crippen molar-refractivity contribution in [3.8, 4) is 0 Å². The molecule has 0 unspecified atom stereocenters. The average Bonchev–Trinajstić information content (AvgIpc) is 3.36. The third-order valence-electron chi connectivity index (χ3n) is 5.41. The molecular weight excluding hydrogens is 356 g/mol. The minimum Gasteiger partial charge on any atom is -0.460 e. The quantitative estimate of drug-likeness (QED) is 0.353. The van der Waals surface area contributed by atoms with Gasteiger partial charge in [-0.05, 0) is 50.5 Å². The molecule has 2 aliphatic rings. The minimum atomic E-state index is -0.457. The summed E-state index contributed by atoms with van der Waals surface area (Å²) < 4.78 is 16.9. The number of ether oxygens (including phenoxy) is 3. The fourth-order valence-electron chi connectivity index (χ4n) is 3.81. The van der Waals surface area contributed by atoms with E-state index in [1.807, 2.05) is 18.2 Å². The molecule has 0 aliphatic carbocycles. The number of hydrogen-bond donors (Lipinski definition) is 1. The van der Waals surface area contributed by atoms with E-state index in [9.17, 15) is 9.90 Å². The maximum absolute atomic E-state index is 11.2. The molecule has 2 heterocycles. The first kappa shape index (κ1) is 21.0. The van der Waals surface area contributed by atoms with Crippen LogP contribution in [0, 0.1) is 0 Å². The van der Waals surface area contributed by atoms with Crippen LogP contribution in [0.5, 0.6) is 0 Å². The lowest BCUT2D eigenvalue weighted by Gasteiger charge is -2.21. The number of esters is 1. The van der Waals surface area contributed by atoms with Gasteiger partial charge in [0.15, 0.2) is 0 Å². The molecule has 4 atom stereocenters. The van der Waals surface area contributed by atoms with E-state index in [4.69, 9.17) is 14.2 Å². The van der Waals surface area contributed by atoms with Gasteiger partial charge in [-0.3, -0.25) is 4.79 Å². The number of aliphatic hydroxyl groups excluding tert-OH is 1. The molecule has 0 amide bonds. The number of allylic oxidation sites excluding steroid dienone is 2. The van der Waals surface area contributed by atoms with Gasteiger partial charge < -0.3 is 19.3 Å². The molecule has 1 aromatic rings. The van der Waals surface area contributed by atoms with E-state index < -0.39 is 6.10 Å². The maximum Gasteiger partial charge on any atom is 0.306 e. The molecule has 5 heteroatoms. The number of carbonyl (C=O) groups is 1. The highest BCUT2D eigenvalue weighted by Crippen LogP contribution is 2.31. The molecule has 0 aromatic heterocycles. The largest absolute Gasteiger partial charge is 0.460 e. The van der Waals surface area contributed by atoms with E-state index in [0.717, 1.165) is 45.1 Å². The van der Waals surface area contributed by atoms with Crippen molar-refractivity contribution in [2.75, 3.05) is 6.61 Å². The number of aliphatic hydroxyl groups is 1. The Morgan fingerprint density at radius 1 is 1.11 bits per heavy atom. The fraction of sp³-hybridized carbons (Fsp3) is 0.609. The summed E-state index contributed by atoms with van der Waals surface area (Å²) >= 11 is 0. The maximum atomic E-state index is 11.2. The van der Waals surface area contributed by atoms with Gasteiger partial charge in [0.25, 0.3) is 0 Å². The number of benzene rings is 1. The Morgan fingerprint density at radius 2 is 1.93 bits per heavy atom. The summed E-state index contributed by atoms with van der Waals surface area (Å²) in [6.45, 7) is 1.42. The Bertz CT molecular complexity index is 615. The zero-order chi connectivity index (χ0) is 19.6. The third-order valence-corrected chi connectivity index (χ3v) is 5.41. The van der Waals surface area contributed by atoms with Crippen molar-refractivity contribution < 1.29 is 24.1 Å². The molecule has 2 fully saturated rings. The van der Waals surface area contributed by atoms with Crippen molar-refractivity contribution in [1.29, 1.82) is 0 Å². The number of rotatable bonds is 11. The van der Waals surface area contributed by atoms with E-state index in [-0.39, 0.29) is 24.3 Å². The first-order valence-electron chi connectivity index (χ1n) is 10.5. The van der Waals surface area contributed by atoms with Crippen molar-refractivity contribution >= 4 is 5.97 Å². The molecule has 0 saturated carbocycles. The van der Waals surface area contributed by atoms with Gasteiger partial charge in [-0.25, -0.2) is 0 Å². The Kier molecular flexibility index (Phi) is 8.52. The predicted molar refractivity (Wildman–Crippen MR) is 107 cm³/mol.